The first-order valence-corrected chi connectivity index (χ1v) is 11.6. The molecule has 0 radical (unpaired) electrons. The van der Waals surface area contributed by atoms with E-state index in [4.69, 9.17) is 9.47 Å². The molecule has 2 aromatic carbocycles. The second kappa shape index (κ2) is 9.82. The lowest BCUT2D eigenvalue weighted by Crippen LogP contribution is -2.48. The number of carbonyl (C=O) groups excluding carboxylic acids is 1. The van der Waals surface area contributed by atoms with E-state index in [2.05, 4.69) is 35.8 Å². The number of likely N-dealkylation sites (tertiary alicyclic amines) is 1. The fraction of sp³-hybridized carbons (Fsp3) is 0.500. The quantitative estimate of drug-likeness (QED) is 0.677. The molecule has 2 fully saturated rings. The van der Waals surface area contributed by atoms with Crippen LogP contribution < -0.4 is 14.4 Å². The minimum absolute atomic E-state index is 0.00339. The van der Waals surface area contributed by atoms with Crippen LogP contribution >= 0.6 is 0 Å². The minimum atomic E-state index is -0.00339. The van der Waals surface area contributed by atoms with E-state index in [1.807, 2.05) is 35.2 Å². The van der Waals surface area contributed by atoms with Crippen molar-refractivity contribution in [2.45, 2.75) is 38.8 Å². The lowest BCUT2D eigenvalue weighted by molar-refractivity contribution is 0.0734. The van der Waals surface area contributed by atoms with Crippen LogP contribution in [-0.4, -0.2) is 68.7 Å². The van der Waals surface area contributed by atoms with Crippen LogP contribution in [0.2, 0.25) is 0 Å². The molecule has 1 atom stereocenters. The monoisotopic (exact) mass is 437 g/mol. The van der Waals surface area contributed by atoms with Crippen LogP contribution in [0.25, 0.3) is 0 Å². The molecular formula is C26H35N3O3. The molecule has 2 aliphatic heterocycles. The summed E-state index contributed by atoms with van der Waals surface area (Å²) in [7, 11) is 3.33. The standard InChI is InChI=1S/C26H35N3O3/c1-19(2)27-14-16-28(17-15-27)21-9-7-20(8-10-21)26(30)29-13-5-6-24(29)23-18-22(31-3)11-12-25(23)32-4/h7-12,18-19,24H,5-6,13-17H2,1-4H3. The van der Waals surface area contributed by atoms with Gasteiger partial charge in [-0.3, -0.25) is 9.69 Å². The zero-order valence-corrected chi connectivity index (χ0v) is 19.7. The molecule has 4 rings (SSSR count). The minimum Gasteiger partial charge on any atom is -0.497 e. The number of amides is 1. The van der Waals surface area contributed by atoms with Gasteiger partial charge in [-0.05, 0) is 69.2 Å². The van der Waals surface area contributed by atoms with Crippen molar-refractivity contribution in [2.75, 3.05) is 51.8 Å². The molecule has 0 N–H and O–H groups in total. The Morgan fingerprint density at radius 1 is 0.938 bits per heavy atom. The van der Waals surface area contributed by atoms with Gasteiger partial charge in [0.2, 0.25) is 0 Å². The van der Waals surface area contributed by atoms with E-state index < -0.39 is 0 Å². The van der Waals surface area contributed by atoms with E-state index in [0.717, 1.165) is 68.2 Å². The van der Waals surface area contributed by atoms with Gasteiger partial charge in [-0.25, -0.2) is 0 Å². The molecule has 1 amide bonds. The van der Waals surface area contributed by atoms with Crippen molar-refractivity contribution >= 4 is 11.6 Å². The third-order valence-corrected chi connectivity index (χ3v) is 6.83. The van der Waals surface area contributed by atoms with Gasteiger partial charge in [0.1, 0.15) is 11.5 Å². The molecule has 1 unspecified atom stereocenters. The van der Waals surface area contributed by atoms with Gasteiger partial charge in [-0.2, -0.15) is 0 Å². The zero-order chi connectivity index (χ0) is 22.7. The zero-order valence-electron chi connectivity index (χ0n) is 19.7. The van der Waals surface area contributed by atoms with Gasteiger partial charge in [0.05, 0.1) is 20.3 Å². The topological polar surface area (TPSA) is 45.3 Å². The Hall–Kier alpha value is -2.73. The van der Waals surface area contributed by atoms with E-state index in [0.29, 0.717) is 6.04 Å². The van der Waals surface area contributed by atoms with Gasteiger partial charge in [0, 0.05) is 55.6 Å². The Morgan fingerprint density at radius 2 is 1.66 bits per heavy atom. The maximum absolute atomic E-state index is 13.4. The molecule has 0 spiro atoms. The lowest BCUT2D eigenvalue weighted by atomic mass is 10.0. The molecule has 0 aromatic heterocycles. The number of rotatable bonds is 6. The van der Waals surface area contributed by atoms with Crippen molar-refractivity contribution in [1.82, 2.24) is 9.80 Å². The summed E-state index contributed by atoms with van der Waals surface area (Å²) in [5.41, 5.74) is 2.94. The first-order valence-electron chi connectivity index (χ1n) is 11.6. The molecular weight excluding hydrogens is 402 g/mol. The van der Waals surface area contributed by atoms with E-state index in [1.165, 1.54) is 5.69 Å². The SMILES string of the molecule is COc1ccc(OC)c(C2CCCN2C(=O)c2ccc(N3CCN(C(C)C)CC3)cc2)c1. The van der Waals surface area contributed by atoms with Crippen LogP contribution in [0.15, 0.2) is 42.5 Å². The highest BCUT2D eigenvalue weighted by Crippen LogP contribution is 2.39. The van der Waals surface area contributed by atoms with Gasteiger partial charge in [0.15, 0.2) is 0 Å². The Kier molecular flexibility index (Phi) is 6.89. The largest absolute Gasteiger partial charge is 0.497 e. The van der Waals surface area contributed by atoms with Crippen molar-refractivity contribution in [3.63, 3.8) is 0 Å². The first kappa shape index (κ1) is 22.5. The van der Waals surface area contributed by atoms with Crippen LogP contribution in [-0.2, 0) is 0 Å². The maximum atomic E-state index is 13.4. The Balaban J connectivity index is 1.48. The molecule has 2 heterocycles. The van der Waals surface area contributed by atoms with Crippen molar-refractivity contribution < 1.29 is 14.3 Å². The van der Waals surface area contributed by atoms with E-state index in [-0.39, 0.29) is 11.9 Å². The average Bonchev–Trinajstić information content (AvgIpc) is 3.33. The number of ether oxygens (including phenoxy) is 2. The Bertz CT molecular complexity index is 920. The van der Waals surface area contributed by atoms with Crippen LogP contribution in [0.1, 0.15) is 48.7 Å². The third kappa shape index (κ3) is 4.56. The summed E-state index contributed by atoms with van der Waals surface area (Å²) in [6.45, 7) is 9.46. The third-order valence-electron chi connectivity index (χ3n) is 6.83. The molecule has 172 valence electrons. The van der Waals surface area contributed by atoms with Crippen molar-refractivity contribution in [3.05, 3.63) is 53.6 Å². The van der Waals surface area contributed by atoms with Gasteiger partial charge in [-0.1, -0.05) is 0 Å². The number of carbonyl (C=O) groups is 1. The predicted molar refractivity (Wildman–Crippen MR) is 128 cm³/mol. The number of hydrogen-bond donors (Lipinski definition) is 0. The predicted octanol–water partition coefficient (Wildman–Crippen LogP) is 4.21. The van der Waals surface area contributed by atoms with Gasteiger partial charge in [-0.15, -0.1) is 0 Å². The number of benzene rings is 2. The molecule has 0 bridgehead atoms. The summed E-state index contributed by atoms with van der Waals surface area (Å²) in [6, 6.07) is 14.5. The average molecular weight is 438 g/mol. The number of anilines is 1. The van der Waals surface area contributed by atoms with Gasteiger partial charge in [0.25, 0.3) is 5.91 Å². The molecule has 32 heavy (non-hydrogen) atoms. The molecule has 2 aromatic rings. The fourth-order valence-corrected chi connectivity index (χ4v) is 4.91. The highest BCUT2D eigenvalue weighted by atomic mass is 16.5. The van der Waals surface area contributed by atoms with Crippen LogP contribution in [0, 0.1) is 0 Å². The van der Waals surface area contributed by atoms with Crippen LogP contribution in [0.4, 0.5) is 5.69 Å². The van der Waals surface area contributed by atoms with Crippen LogP contribution in [0.3, 0.4) is 0 Å². The van der Waals surface area contributed by atoms with Crippen molar-refractivity contribution in [3.8, 4) is 11.5 Å². The lowest BCUT2D eigenvalue weighted by Gasteiger charge is -2.38. The summed E-state index contributed by atoms with van der Waals surface area (Å²) >= 11 is 0. The molecule has 2 saturated heterocycles. The van der Waals surface area contributed by atoms with Gasteiger partial charge < -0.3 is 19.3 Å². The smallest absolute Gasteiger partial charge is 0.254 e. The van der Waals surface area contributed by atoms with E-state index >= 15 is 0 Å². The highest BCUT2D eigenvalue weighted by molar-refractivity contribution is 5.95. The van der Waals surface area contributed by atoms with Crippen molar-refractivity contribution in [1.29, 1.82) is 0 Å². The first-order chi connectivity index (χ1) is 15.5. The van der Waals surface area contributed by atoms with E-state index in [9.17, 15) is 4.79 Å². The summed E-state index contributed by atoms with van der Waals surface area (Å²) in [5, 5.41) is 0. The molecule has 2 aliphatic rings. The van der Waals surface area contributed by atoms with Crippen LogP contribution in [0.5, 0.6) is 11.5 Å². The highest BCUT2D eigenvalue weighted by Gasteiger charge is 2.33. The molecule has 0 saturated carbocycles. The van der Waals surface area contributed by atoms with Gasteiger partial charge >= 0.3 is 0 Å². The second-order valence-corrected chi connectivity index (χ2v) is 8.93. The molecule has 6 heteroatoms. The number of hydrogen-bond acceptors (Lipinski definition) is 5. The number of nitrogens with zero attached hydrogens (tertiary/aromatic N) is 3. The normalized spacial score (nSPS) is 19.5. The van der Waals surface area contributed by atoms with Crippen molar-refractivity contribution in [2.24, 2.45) is 0 Å². The fourth-order valence-electron chi connectivity index (χ4n) is 4.91. The molecule has 0 aliphatic carbocycles. The second-order valence-electron chi connectivity index (χ2n) is 8.93. The van der Waals surface area contributed by atoms with E-state index in [1.54, 1.807) is 14.2 Å². The molecule has 6 nitrogen and oxygen atoms in total. The summed E-state index contributed by atoms with van der Waals surface area (Å²) in [4.78, 5) is 20.3. The number of piperazine rings is 1. The summed E-state index contributed by atoms with van der Waals surface area (Å²) in [6.07, 6.45) is 1.91. The summed E-state index contributed by atoms with van der Waals surface area (Å²) in [5.74, 6) is 1.65. The number of methoxy groups -OCH3 is 2. The Morgan fingerprint density at radius 3 is 2.28 bits per heavy atom. The maximum Gasteiger partial charge on any atom is 0.254 e. The Labute approximate surface area is 191 Å². The summed E-state index contributed by atoms with van der Waals surface area (Å²) < 4.78 is 11.0.